The second kappa shape index (κ2) is 7.07. The number of nitrogens with one attached hydrogen (secondary N) is 1. The minimum absolute atomic E-state index is 0.321. The van der Waals surface area contributed by atoms with Gasteiger partial charge in [-0.3, -0.25) is 0 Å². The number of para-hydroxylation sites is 1. The Balaban J connectivity index is 1.79. The van der Waals surface area contributed by atoms with Crippen molar-refractivity contribution in [2.75, 3.05) is 11.9 Å². The Morgan fingerprint density at radius 1 is 1.11 bits per heavy atom. The zero-order chi connectivity index (χ0) is 19.1. The lowest BCUT2D eigenvalue weighted by Crippen LogP contribution is -2.30. The van der Waals surface area contributed by atoms with Gasteiger partial charge in [0.2, 0.25) is 0 Å². The van der Waals surface area contributed by atoms with Crippen LogP contribution in [0.4, 0.5) is 5.69 Å². The molecule has 0 fully saturated rings. The number of hydrogen-bond donors (Lipinski definition) is 1. The third kappa shape index (κ3) is 3.26. The van der Waals surface area contributed by atoms with Crippen molar-refractivity contribution < 1.29 is 4.74 Å². The minimum Gasteiger partial charge on any atom is -0.491 e. The van der Waals surface area contributed by atoms with Gasteiger partial charge >= 0.3 is 0 Å². The van der Waals surface area contributed by atoms with Crippen LogP contribution in [0.1, 0.15) is 60.0 Å². The molecule has 1 aliphatic heterocycles. The fraction of sp³-hybridized carbons (Fsp3) is 0.440. The van der Waals surface area contributed by atoms with Crippen LogP contribution in [0, 0.1) is 32.6 Å². The molecule has 0 aromatic heterocycles. The molecule has 1 N–H and O–H groups in total. The first-order valence-corrected chi connectivity index (χ1v) is 10.2. The summed E-state index contributed by atoms with van der Waals surface area (Å²) in [5.41, 5.74) is 8.15. The van der Waals surface area contributed by atoms with Crippen LogP contribution in [0.3, 0.4) is 0 Å². The van der Waals surface area contributed by atoms with E-state index >= 15 is 0 Å². The summed E-state index contributed by atoms with van der Waals surface area (Å²) in [6, 6.07) is 11.5. The van der Waals surface area contributed by atoms with Crippen LogP contribution in [-0.2, 0) is 0 Å². The van der Waals surface area contributed by atoms with Gasteiger partial charge in [0.1, 0.15) is 5.75 Å². The molecular weight excluding hydrogens is 330 g/mol. The number of rotatable bonds is 4. The average molecular weight is 362 g/mol. The Morgan fingerprint density at radius 2 is 1.85 bits per heavy atom. The molecular formula is C25H31NO. The predicted molar refractivity (Wildman–Crippen MR) is 114 cm³/mol. The van der Waals surface area contributed by atoms with Crippen molar-refractivity contribution in [2.45, 2.75) is 53.0 Å². The average Bonchev–Trinajstić information content (AvgIpc) is 3.09. The molecule has 2 nitrogen and oxygen atoms in total. The van der Waals surface area contributed by atoms with E-state index < -0.39 is 0 Å². The largest absolute Gasteiger partial charge is 0.491 e. The number of ether oxygens (including phenoxy) is 1. The van der Waals surface area contributed by atoms with Crippen LogP contribution in [0.5, 0.6) is 5.75 Å². The predicted octanol–water partition coefficient (Wildman–Crippen LogP) is 6.47. The number of anilines is 1. The summed E-state index contributed by atoms with van der Waals surface area (Å²) in [5.74, 6) is 2.54. The summed E-state index contributed by atoms with van der Waals surface area (Å²) in [6.45, 7) is 11.8. The molecule has 3 unspecified atom stereocenters. The van der Waals surface area contributed by atoms with E-state index in [4.69, 9.17) is 4.74 Å². The lowest BCUT2D eigenvalue weighted by molar-refractivity contribution is 0.270. The molecule has 2 aromatic carbocycles. The Bertz CT molecular complexity index is 857. The zero-order valence-corrected chi connectivity index (χ0v) is 17.2. The molecule has 1 aliphatic carbocycles. The van der Waals surface area contributed by atoms with E-state index in [9.17, 15) is 0 Å². The number of allylic oxidation sites excluding steroid dienone is 2. The Labute approximate surface area is 163 Å². The highest BCUT2D eigenvalue weighted by atomic mass is 16.5. The Kier molecular flexibility index (Phi) is 4.75. The molecule has 0 radical (unpaired) electrons. The summed E-state index contributed by atoms with van der Waals surface area (Å²) in [4.78, 5) is 0. The van der Waals surface area contributed by atoms with Crippen LogP contribution < -0.4 is 10.1 Å². The molecule has 142 valence electrons. The van der Waals surface area contributed by atoms with Gasteiger partial charge in [-0.15, -0.1) is 0 Å². The lowest BCUT2D eigenvalue weighted by atomic mass is 9.75. The van der Waals surface area contributed by atoms with E-state index in [0.29, 0.717) is 23.8 Å². The summed E-state index contributed by atoms with van der Waals surface area (Å²) >= 11 is 0. The van der Waals surface area contributed by atoms with Crippen molar-refractivity contribution >= 4 is 5.69 Å². The van der Waals surface area contributed by atoms with Crippen molar-refractivity contribution in [3.63, 3.8) is 0 Å². The van der Waals surface area contributed by atoms with E-state index in [1.165, 1.54) is 33.5 Å². The molecule has 2 aromatic rings. The Hall–Kier alpha value is -2.22. The smallest absolute Gasteiger partial charge is 0.142 e. The van der Waals surface area contributed by atoms with Gasteiger partial charge < -0.3 is 10.1 Å². The van der Waals surface area contributed by atoms with Gasteiger partial charge in [-0.2, -0.15) is 0 Å². The minimum atomic E-state index is 0.321. The number of fused-ring (bicyclic) bond motifs is 3. The topological polar surface area (TPSA) is 21.3 Å². The van der Waals surface area contributed by atoms with Gasteiger partial charge in [0.25, 0.3) is 0 Å². The molecule has 1 heterocycles. The van der Waals surface area contributed by atoms with E-state index in [-0.39, 0.29) is 0 Å². The third-order valence-corrected chi connectivity index (χ3v) is 5.98. The molecule has 0 spiro atoms. The maximum absolute atomic E-state index is 6.19. The first-order valence-electron chi connectivity index (χ1n) is 10.2. The quantitative estimate of drug-likeness (QED) is 0.630. The van der Waals surface area contributed by atoms with Crippen LogP contribution in [0.2, 0.25) is 0 Å². The van der Waals surface area contributed by atoms with Crippen LogP contribution in [-0.4, -0.2) is 6.61 Å². The molecule has 3 atom stereocenters. The second-order valence-corrected chi connectivity index (χ2v) is 8.71. The van der Waals surface area contributed by atoms with Crippen molar-refractivity contribution in [1.29, 1.82) is 0 Å². The second-order valence-electron chi connectivity index (χ2n) is 8.71. The molecule has 0 saturated carbocycles. The van der Waals surface area contributed by atoms with Gasteiger partial charge in [0.15, 0.2) is 0 Å². The molecule has 0 saturated heterocycles. The highest BCUT2D eigenvalue weighted by molar-refractivity contribution is 5.68. The number of aryl methyl sites for hydroxylation is 3. The Morgan fingerprint density at radius 3 is 2.56 bits per heavy atom. The van der Waals surface area contributed by atoms with Gasteiger partial charge in [-0.25, -0.2) is 0 Å². The van der Waals surface area contributed by atoms with Crippen molar-refractivity contribution in [1.82, 2.24) is 0 Å². The van der Waals surface area contributed by atoms with Gasteiger partial charge in [-0.05, 0) is 67.3 Å². The van der Waals surface area contributed by atoms with Crippen molar-refractivity contribution in [3.8, 4) is 5.75 Å². The molecule has 0 amide bonds. The van der Waals surface area contributed by atoms with E-state index in [0.717, 1.165) is 18.8 Å². The van der Waals surface area contributed by atoms with E-state index in [1.807, 2.05) is 0 Å². The normalized spacial score (nSPS) is 23.1. The van der Waals surface area contributed by atoms with Crippen LogP contribution in [0.15, 0.2) is 42.5 Å². The summed E-state index contributed by atoms with van der Waals surface area (Å²) in [7, 11) is 0. The maximum Gasteiger partial charge on any atom is 0.142 e. The maximum atomic E-state index is 6.19. The van der Waals surface area contributed by atoms with Gasteiger partial charge in [0, 0.05) is 5.92 Å². The van der Waals surface area contributed by atoms with Crippen LogP contribution >= 0.6 is 0 Å². The standard InChI is InChI=1S/C25H31NO/c1-15(2)14-27-22-11-7-10-20-19-8-6-9-21(19)25(26-24(20)22)23-17(4)12-16(3)13-18(23)5/h6-8,10-13,15,19,21,25-26H,9,14H2,1-5H3. The summed E-state index contributed by atoms with van der Waals surface area (Å²) in [6.07, 6.45) is 5.90. The molecule has 0 bridgehead atoms. The van der Waals surface area contributed by atoms with Gasteiger partial charge in [-0.1, -0.05) is 55.8 Å². The SMILES string of the molecule is Cc1cc(C)c(C2Nc3c(OCC(C)C)cccc3C3C=CCC32)c(C)c1. The molecule has 27 heavy (non-hydrogen) atoms. The number of hydrogen-bond acceptors (Lipinski definition) is 2. The summed E-state index contributed by atoms with van der Waals surface area (Å²) < 4.78 is 6.19. The molecule has 4 rings (SSSR count). The van der Waals surface area contributed by atoms with E-state index in [1.54, 1.807) is 0 Å². The molecule has 2 heteroatoms. The van der Waals surface area contributed by atoms with Gasteiger partial charge in [0.05, 0.1) is 18.3 Å². The monoisotopic (exact) mass is 361 g/mol. The highest BCUT2D eigenvalue weighted by Gasteiger charge is 2.40. The third-order valence-electron chi connectivity index (χ3n) is 5.98. The van der Waals surface area contributed by atoms with Crippen molar-refractivity contribution in [2.24, 2.45) is 11.8 Å². The zero-order valence-electron chi connectivity index (χ0n) is 17.2. The van der Waals surface area contributed by atoms with Crippen molar-refractivity contribution in [3.05, 3.63) is 70.3 Å². The molecule has 2 aliphatic rings. The first kappa shape index (κ1) is 18.2. The fourth-order valence-corrected chi connectivity index (χ4v) is 4.94. The van der Waals surface area contributed by atoms with E-state index in [2.05, 4.69) is 82.4 Å². The fourth-order valence-electron chi connectivity index (χ4n) is 4.94. The summed E-state index contributed by atoms with van der Waals surface area (Å²) in [5, 5.41) is 3.91. The lowest BCUT2D eigenvalue weighted by Gasteiger charge is -2.39. The number of benzene rings is 2. The highest BCUT2D eigenvalue weighted by Crippen LogP contribution is 2.53. The van der Waals surface area contributed by atoms with Crippen LogP contribution in [0.25, 0.3) is 0 Å². The first-order chi connectivity index (χ1) is 13.0.